The number of nitrogens with zero attached hydrogens (tertiary/aromatic N) is 11. The van der Waals surface area contributed by atoms with Gasteiger partial charge in [-0.15, -0.1) is 0 Å². The van der Waals surface area contributed by atoms with Gasteiger partial charge in [-0.2, -0.15) is 20.2 Å². The summed E-state index contributed by atoms with van der Waals surface area (Å²) in [5.41, 5.74) is 2.03. The van der Waals surface area contributed by atoms with Gasteiger partial charge in [-0.1, -0.05) is 121 Å². The molecule has 1 aromatic heterocycles. The molecule has 0 bridgehead atoms. The summed E-state index contributed by atoms with van der Waals surface area (Å²) < 4.78 is 1.56. The zero-order chi connectivity index (χ0) is 35.5. The predicted octanol–water partition coefficient (Wildman–Crippen LogP) is 7.07. The lowest BCUT2D eigenvalue weighted by atomic mass is 10.2. The summed E-state index contributed by atoms with van der Waals surface area (Å²) in [6.07, 6.45) is 0. The first-order valence-electron chi connectivity index (χ1n) is 14.4. The second-order valence-corrected chi connectivity index (χ2v) is 15.9. The van der Waals surface area contributed by atoms with Crippen LogP contribution in [0.1, 0.15) is 35.6 Å². The van der Waals surface area contributed by atoms with Crippen LogP contribution in [0.15, 0.2) is 60.7 Å². The van der Waals surface area contributed by atoms with E-state index in [2.05, 4.69) is 30.0 Å². The van der Waals surface area contributed by atoms with Crippen molar-refractivity contribution in [2.75, 3.05) is 57.3 Å². The first-order valence-corrected chi connectivity index (χ1v) is 18.3. The normalized spacial score (nSPS) is 12.4. The zero-order valence-electron chi connectivity index (χ0n) is 27.9. The van der Waals surface area contributed by atoms with Crippen molar-refractivity contribution < 1.29 is 0 Å². The molecule has 252 valence electrons. The van der Waals surface area contributed by atoms with Crippen molar-refractivity contribution in [1.29, 1.82) is 5.26 Å². The third kappa shape index (κ3) is 10.3. The Morgan fingerprint density at radius 3 is 1.44 bits per heavy atom. The van der Waals surface area contributed by atoms with Crippen LogP contribution in [0, 0.1) is 17.9 Å². The molecule has 0 saturated heterocycles. The van der Waals surface area contributed by atoms with Crippen LogP contribution in [0.25, 0.3) is 4.85 Å². The van der Waals surface area contributed by atoms with E-state index in [4.69, 9.17) is 58.2 Å². The molecule has 3 unspecified atom stereocenters. The van der Waals surface area contributed by atoms with E-state index in [0.717, 1.165) is 5.56 Å². The SMILES string of the molecule is [C-]#[N+]C(SC(=S)N(C)N(C)c1nc(N(C)N(C)C(=S)SC(C)C#N)nc(N(C)N(C)C(=S)SC(C)c2ccccc2)n1)c1ccccc1. The smallest absolute Gasteiger partial charge is 0.296 e. The first-order chi connectivity index (χ1) is 22.8. The summed E-state index contributed by atoms with van der Waals surface area (Å²) in [5.74, 6) is 0.906. The van der Waals surface area contributed by atoms with Crippen LogP contribution < -0.4 is 15.0 Å². The van der Waals surface area contributed by atoms with E-state index in [9.17, 15) is 5.26 Å². The van der Waals surface area contributed by atoms with Gasteiger partial charge in [0.15, 0.2) is 13.0 Å². The average molecular weight is 756 g/mol. The Morgan fingerprint density at radius 2 is 1.04 bits per heavy atom. The van der Waals surface area contributed by atoms with E-state index in [-0.39, 0.29) is 10.5 Å². The Balaban J connectivity index is 1.94. The van der Waals surface area contributed by atoms with E-state index < -0.39 is 5.37 Å². The number of anilines is 3. The standard InChI is InChI=1S/C31H37N11S6/c1-21(20-32)46-29(43)40(7)37(4)26-34-27(38(5)41(8)30(44)47-22(2)23-16-12-10-13-17-23)36-28(35-26)39(6)42(9)31(45)48-25(33-3)24-18-14-11-15-19-24/h10-19,21-22,25H,1-2,4-9H3. The van der Waals surface area contributed by atoms with Crippen LogP contribution in [-0.4, -0.2) is 90.5 Å². The van der Waals surface area contributed by atoms with E-state index in [1.165, 1.54) is 29.1 Å². The molecule has 48 heavy (non-hydrogen) atoms. The molecular formula is C31H37N11S6. The van der Waals surface area contributed by atoms with Crippen molar-refractivity contribution in [1.82, 2.24) is 30.0 Å². The van der Waals surface area contributed by atoms with Crippen molar-refractivity contribution in [3.8, 4) is 6.07 Å². The lowest BCUT2D eigenvalue weighted by molar-refractivity contribution is 0.470. The fraction of sp³-hybridized carbons (Fsp3) is 0.355. The molecule has 0 spiro atoms. The maximum Gasteiger partial charge on any atom is 0.300 e. The highest BCUT2D eigenvalue weighted by atomic mass is 32.2. The van der Waals surface area contributed by atoms with Crippen molar-refractivity contribution >= 4 is 103 Å². The van der Waals surface area contributed by atoms with Crippen LogP contribution in [-0.2, 0) is 0 Å². The third-order valence-corrected chi connectivity index (χ3v) is 11.8. The molecule has 0 radical (unpaired) electrons. The second-order valence-electron chi connectivity index (χ2n) is 10.2. The second kappa shape index (κ2) is 18.4. The molecule has 3 rings (SSSR count). The van der Waals surface area contributed by atoms with E-state index in [1.807, 2.05) is 67.6 Å². The van der Waals surface area contributed by atoms with Gasteiger partial charge in [0.25, 0.3) is 17.8 Å². The first kappa shape index (κ1) is 39.0. The fourth-order valence-electron chi connectivity index (χ4n) is 3.78. The molecule has 0 N–H and O–H groups in total. The molecule has 0 saturated carbocycles. The maximum absolute atomic E-state index is 9.31. The Morgan fingerprint density at radius 1 is 0.667 bits per heavy atom. The number of hydrazine groups is 3. The monoisotopic (exact) mass is 755 g/mol. The van der Waals surface area contributed by atoms with Crippen LogP contribution in [0.3, 0.4) is 0 Å². The van der Waals surface area contributed by atoms with Gasteiger partial charge in [-0.3, -0.25) is 34.9 Å². The van der Waals surface area contributed by atoms with Gasteiger partial charge in [0.05, 0.1) is 11.3 Å². The number of hydrogen-bond donors (Lipinski definition) is 0. The largest absolute Gasteiger partial charge is 0.300 e. The van der Waals surface area contributed by atoms with Gasteiger partial charge in [-0.25, -0.2) is 6.57 Å². The third-order valence-electron chi connectivity index (χ3n) is 7.03. The lowest BCUT2D eigenvalue weighted by Gasteiger charge is -2.35. The van der Waals surface area contributed by atoms with E-state index in [0.29, 0.717) is 30.8 Å². The van der Waals surface area contributed by atoms with Gasteiger partial charge >= 0.3 is 5.37 Å². The molecule has 1 heterocycles. The zero-order valence-corrected chi connectivity index (χ0v) is 32.8. The minimum atomic E-state index is -0.510. The van der Waals surface area contributed by atoms with Gasteiger partial charge < -0.3 is 0 Å². The minimum absolute atomic E-state index is 0.126. The Hall–Kier alpha value is -3.45. The average Bonchev–Trinajstić information content (AvgIpc) is 3.11. The van der Waals surface area contributed by atoms with Crippen molar-refractivity contribution in [2.45, 2.75) is 29.7 Å². The number of benzene rings is 2. The van der Waals surface area contributed by atoms with Gasteiger partial charge in [0.2, 0.25) is 0 Å². The number of rotatable bonds is 11. The molecule has 17 heteroatoms. The van der Waals surface area contributed by atoms with Gasteiger partial charge in [0.1, 0.15) is 0 Å². The number of aromatic nitrogens is 3. The Labute approximate surface area is 312 Å². The molecular weight excluding hydrogens is 719 g/mol. The van der Waals surface area contributed by atoms with Crippen LogP contribution in [0.2, 0.25) is 0 Å². The highest BCUT2D eigenvalue weighted by molar-refractivity contribution is 8.23. The van der Waals surface area contributed by atoms with E-state index in [1.54, 1.807) is 71.9 Å². The van der Waals surface area contributed by atoms with Crippen molar-refractivity contribution in [3.63, 3.8) is 0 Å². The van der Waals surface area contributed by atoms with Crippen LogP contribution in [0.4, 0.5) is 17.8 Å². The molecule has 2 aromatic carbocycles. The molecule has 0 fully saturated rings. The number of nitriles is 1. The summed E-state index contributed by atoms with van der Waals surface area (Å²) in [5, 5.41) is 19.0. The summed E-state index contributed by atoms with van der Waals surface area (Å²) in [7, 11) is 10.8. The quantitative estimate of drug-likeness (QED) is 0.114. The number of hydrogen-bond acceptors (Lipinski definition) is 13. The number of thioether (sulfide) groups is 3. The van der Waals surface area contributed by atoms with Gasteiger partial charge in [-0.05, 0) is 31.2 Å². The predicted molar refractivity (Wildman–Crippen MR) is 215 cm³/mol. The Bertz CT molecular complexity index is 1650. The molecule has 0 amide bonds. The molecule has 11 nitrogen and oxygen atoms in total. The Kier molecular flexibility index (Phi) is 14.9. The summed E-state index contributed by atoms with van der Waals surface area (Å²) >= 11 is 21.3. The highest BCUT2D eigenvalue weighted by Crippen LogP contribution is 2.34. The number of thiocarbonyl (C=S) groups is 3. The summed E-state index contributed by atoms with van der Waals surface area (Å²) in [4.78, 5) is 18.2. The molecule has 3 aromatic rings. The van der Waals surface area contributed by atoms with Gasteiger partial charge in [0, 0.05) is 53.1 Å². The fourth-order valence-corrected chi connectivity index (χ4v) is 7.60. The van der Waals surface area contributed by atoms with Crippen molar-refractivity contribution in [2.24, 2.45) is 0 Å². The molecule has 0 aliphatic rings. The summed E-state index contributed by atoms with van der Waals surface area (Å²) in [6, 6.07) is 21.9. The molecule has 3 atom stereocenters. The molecule has 0 aliphatic carbocycles. The van der Waals surface area contributed by atoms with Crippen LogP contribution in [0.5, 0.6) is 0 Å². The lowest BCUT2D eigenvalue weighted by Crippen LogP contribution is -2.44. The summed E-state index contributed by atoms with van der Waals surface area (Å²) in [6.45, 7) is 11.7. The van der Waals surface area contributed by atoms with Crippen LogP contribution >= 0.6 is 71.9 Å². The van der Waals surface area contributed by atoms with E-state index >= 15 is 0 Å². The van der Waals surface area contributed by atoms with Crippen molar-refractivity contribution in [3.05, 3.63) is 83.2 Å². The minimum Gasteiger partial charge on any atom is -0.296 e. The highest BCUT2D eigenvalue weighted by Gasteiger charge is 2.27. The molecule has 0 aliphatic heterocycles. The topological polar surface area (TPSA) is 86.3 Å². The maximum atomic E-state index is 9.31.